The molecule has 3 rings (SSSR count). The van der Waals surface area contributed by atoms with Gasteiger partial charge in [0.05, 0.1) is 15.6 Å². The highest BCUT2D eigenvalue weighted by atomic mass is 35.5. The molecule has 1 aliphatic rings. The average molecular weight is 321 g/mol. The molecule has 0 bridgehead atoms. The largest absolute Gasteiger partial charge is 0.322 e. The Balaban J connectivity index is 1.83. The maximum absolute atomic E-state index is 12.3. The zero-order valence-corrected chi connectivity index (χ0v) is 12.8. The van der Waals surface area contributed by atoms with Gasteiger partial charge in [-0.25, -0.2) is 0 Å². The van der Waals surface area contributed by atoms with E-state index < -0.39 is 0 Å². The van der Waals surface area contributed by atoms with Crippen LogP contribution in [0.5, 0.6) is 0 Å². The number of halogens is 2. The van der Waals surface area contributed by atoms with Gasteiger partial charge in [0.2, 0.25) is 0 Å². The van der Waals surface area contributed by atoms with Crippen molar-refractivity contribution >= 4 is 34.8 Å². The van der Waals surface area contributed by atoms with Gasteiger partial charge in [-0.3, -0.25) is 4.79 Å². The van der Waals surface area contributed by atoms with Gasteiger partial charge in [0.25, 0.3) is 5.91 Å². The van der Waals surface area contributed by atoms with Crippen LogP contribution in [-0.4, -0.2) is 12.5 Å². The molecule has 0 saturated heterocycles. The predicted molar refractivity (Wildman–Crippen MR) is 86.3 cm³/mol. The van der Waals surface area contributed by atoms with Crippen molar-refractivity contribution in [1.82, 2.24) is 5.32 Å². The number of carbonyl (C=O) groups excluding carboxylic acids is 1. The van der Waals surface area contributed by atoms with Crippen molar-refractivity contribution in [1.29, 1.82) is 0 Å². The minimum absolute atomic E-state index is 0.258. The van der Waals surface area contributed by atoms with Crippen LogP contribution in [0.2, 0.25) is 10.0 Å². The lowest BCUT2D eigenvalue weighted by Crippen LogP contribution is -2.23. The molecule has 0 radical (unpaired) electrons. The molecule has 2 aromatic carbocycles. The van der Waals surface area contributed by atoms with Gasteiger partial charge in [0.15, 0.2) is 0 Å². The molecule has 0 atom stereocenters. The van der Waals surface area contributed by atoms with E-state index in [1.165, 1.54) is 11.1 Å². The minimum Gasteiger partial charge on any atom is -0.322 e. The van der Waals surface area contributed by atoms with Crippen molar-refractivity contribution in [3.05, 3.63) is 63.1 Å². The summed E-state index contributed by atoms with van der Waals surface area (Å²) < 4.78 is 0. The summed E-state index contributed by atoms with van der Waals surface area (Å²) in [5, 5.41) is 6.83. The molecule has 0 aromatic heterocycles. The Kier molecular flexibility index (Phi) is 4.15. The Morgan fingerprint density at radius 3 is 2.86 bits per heavy atom. The van der Waals surface area contributed by atoms with E-state index in [1.54, 1.807) is 18.2 Å². The Morgan fingerprint density at radius 2 is 2.00 bits per heavy atom. The summed E-state index contributed by atoms with van der Waals surface area (Å²) in [6.07, 6.45) is 1.02. The second kappa shape index (κ2) is 6.06. The molecule has 0 aliphatic carbocycles. The second-order valence-electron chi connectivity index (χ2n) is 4.97. The zero-order chi connectivity index (χ0) is 14.8. The molecule has 1 aliphatic heterocycles. The van der Waals surface area contributed by atoms with Crippen molar-refractivity contribution in [2.24, 2.45) is 0 Å². The van der Waals surface area contributed by atoms with E-state index in [4.69, 9.17) is 23.2 Å². The fraction of sp³-hybridized carbons (Fsp3) is 0.188. The zero-order valence-electron chi connectivity index (χ0n) is 11.2. The summed E-state index contributed by atoms with van der Waals surface area (Å²) >= 11 is 12.0. The summed E-state index contributed by atoms with van der Waals surface area (Å²) in [7, 11) is 0. The molecule has 5 heteroatoms. The molecular formula is C16H14Cl2N2O. The Morgan fingerprint density at radius 1 is 1.14 bits per heavy atom. The first kappa shape index (κ1) is 14.4. The van der Waals surface area contributed by atoms with Crippen molar-refractivity contribution in [2.45, 2.75) is 13.0 Å². The first-order valence-corrected chi connectivity index (χ1v) is 7.48. The highest BCUT2D eigenvalue weighted by Crippen LogP contribution is 2.26. The fourth-order valence-corrected chi connectivity index (χ4v) is 2.82. The van der Waals surface area contributed by atoms with Gasteiger partial charge in [-0.15, -0.1) is 0 Å². The van der Waals surface area contributed by atoms with E-state index in [-0.39, 0.29) is 10.9 Å². The van der Waals surface area contributed by atoms with Crippen LogP contribution in [0.1, 0.15) is 21.5 Å². The van der Waals surface area contributed by atoms with Crippen molar-refractivity contribution in [2.75, 3.05) is 11.9 Å². The number of fused-ring (bicyclic) bond motifs is 1. The Bertz CT molecular complexity index is 701. The molecule has 0 saturated carbocycles. The quantitative estimate of drug-likeness (QED) is 0.881. The van der Waals surface area contributed by atoms with Gasteiger partial charge in [-0.05, 0) is 48.4 Å². The molecule has 3 nitrogen and oxygen atoms in total. The molecule has 0 unspecified atom stereocenters. The first-order chi connectivity index (χ1) is 10.1. The third-order valence-electron chi connectivity index (χ3n) is 3.55. The molecule has 0 spiro atoms. The summed E-state index contributed by atoms with van der Waals surface area (Å²) in [5.74, 6) is -0.258. The molecule has 21 heavy (non-hydrogen) atoms. The fourth-order valence-electron chi connectivity index (χ4n) is 2.44. The van der Waals surface area contributed by atoms with Crippen LogP contribution < -0.4 is 10.6 Å². The highest BCUT2D eigenvalue weighted by molar-refractivity contribution is 6.44. The lowest BCUT2D eigenvalue weighted by molar-refractivity contribution is 0.102. The second-order valence-corrected chi connectivity index (χ2v) is 5.75. The van der Waals surface area contributed by atoms with Gasteiger partial charge in [-0.1, -0.05) is 35.3 Å². The number of anilines is 1. The van der Waals surface area contributed by atoms with Crippen LogP contribution in [0.3, 0.4) is 0 Å². The van der Waals surface area contributed by atoms with Crippen LogP contribution in [0.15, 0.2) is 36.4 Å². The summed E-state index contributed by atoms with van der Waals surface area (Å²) in [4.78, 5) is 12.3. The molecule has 2 aromatic rings. The van der Waals surface area contributed by atoms with Crippen LogP contribution in [0.4, 0.5) is 5.69 Å². The highest BCUT2D eigenvalue weighted by Gasteiger charge is 2.14. The number of carbonyl (C=O) groups is 1. The number of nitrogens with one attached hydrogen (secondary N) is 2. The third-order valence-corrected chi connectivity index (χ3v) is 4.37. The number of benzene rings is 2. The lowest BCUT2D eigenvalue weighted by Gasteiger charge is -2.18. The van der Waals surface area contributed by atoms with Crippen LogP contribution in [-0.2, 0) is 13.0 Å². The third kappa shape index (κ3) is 3.05. The smallest absolute Gasteiger partial charge is 0.257 e. The average Bonchev–Trinajstić information content (AvgIpc) is 2.50. The lowest BCUT2D eigenvalue weighted by atomic mass is 10.0. The van der Waals surface area contributed by atoms with Gasteiger partial charge in [0.1, 0.15) is 0 Å². The van der Waals surface area contributed by atoms with Gasteiger partial charge in [-0.2, -0.15) is 0 Å². The molecule has 0 fully saturated rings. The van der Waals surface area contributed by atoms with Crippen LogP contribution >= 0.6 is 23.2 Å². The maximum atomic E-state index is 12.3. The van der Waals surface area contributed by atoms with E-state index in [2.05, 4.69) is 16.7 Å². The molecule has 1 heterocycles. The maximum Gasteiger partial charge on any atom is 0.257 e. The summed E-state index contributed by atoms with van der Waals surface area (Å²) in [6, 6.07) is 11.0. The van der Waals surface area contributed by atoms with Gasteiger partial charge >= 0.3 is 0 Å². The standard InChI is InChI=1S/C16H14Cl2N2O/c17-14-3-1-2-13(15(14)18)16(21)20-12-5-4-10-6-7-19-9-11(10)8-12/h1-5,8,19H,6-7,9H2,(H,20,21). The van der Waals surface area contributed by atoms with Crippen LogP contribution in [0.25, 0.3) is 0 Å². The van der Waals surface area contributed by atoms with Crippen molar-refractivity contribution in [3.8, 4) is 0 Å². The monoisotopic (exact) mass is 320 g/mol. The molecule has 1 amide bonds. The van der Waals surface area contributed by atoms with E-state index in [9.17, 15) is 4.79 Å². The molecule has 108 valence electrons. The summed E-state index contributed by atoms with van der Waals surface area (Å²) in [6.45, 7) is 1.83. The van der Waals surface area contributed by atoms with E-state index >= 15 is 0 Å². The van der Waals surface area contributed by atoms with Crippen LogP contribution in [0, 0.1) is 0 Å². The van der Waals surface area contributed by atoms with Gasteiger partial charge < -0.3 is 10.6 Å². The Hall–Kier alpha value is -1.55. The topological polar surface area (TPSA) is 41.1 Å². The summed E-state index contributed by atoms with van der Waals surface area (Å²) in [5.41, 5.74) is 3.68. The van der Waals surface area contributed by atoms with E-state index in [1.807, 2.05) is 12.1 Å². The van der Waals surface area contributed by atoms with E-state index in [0.29, 0.717) is 10.6 Å². The van der Waals surface area contributed by atoms with E-state index in [0.717, 1.165) is 25.2 Å². The van der Waals surface area contributed by atoms with Crippen molar-refractivity contribution in [3.63, 3.8) is 0 Å². The SMILES string of the molecule is O=C(Nc1ccc2c(c1)CNCC2)c1cccc(Cl)c1Cl. The molecule has 2 N–H and O–H groups in total. The number of hydrogen-bond acceptors (Lipinski definition) is 2. The number of rotatable bonds is 2. The Labute approximate surface area is 133 Å². The first-order valence-electron chi connectivity index (χ1n) is 6.73. The molecular weight excluding hydrogens is 307 g/mol. The van der Waals surface area contributed by atoms with Crippen molar-refractivity contribution < 1.29 is 4.79 Å². The normalized spacial score (nSPS) is 13.6. The minimum atomic E-state index is -0.258. The number of hydrogen-bond donors (Lipinski definition) is 2. The predicted octanol–water partition coefficient (Wildman–Crippen LogP) is 3.89. The van der Waals surface area contributed by atoms with Gasteiger partial charge in [0, 0.05) is 12.2 Å². The number of amides is 1.